The highest BCUT2D eigenvalue weighted by molar-refractivity contribution is 5.47. The molecule has 2 aromatic rings. The zero-order chi connectivity index (χ0) is 15.6. The average Bonchev–Trinajstić information content (AvgIpc) is 2.46. The molecule has 2 rings (SSSR count). The summed E-state index contributed by atoms with van der Waals surface area (Å²) in [5.41, 5.74) is 20.6. The first-order valence-electron chi connectivity index (χ1n) is 5.54. The topological polar surface area (TPSA) is 138 Å². The van der Waals surface area contributed by atoms with Crippen molar-refractivity contribution >= 4 is 24.2 Å². The molecule has 0 atom stereocenters. The number of hydrogen-bond donors (Lipinski definition) is 4. The Kier molecular flexibility index (Phi) is 15.4. The maximum Gasteiger partial charge on any atom is 0.204 e. The van der Waals surface area contributed by atoms with Crippen LogP contribution >= 0.6 is 0 Å². The highest BCUT2D eigenvalue weighted by Crippen LogP contribution is 2.04. The number of rotatable bonds is 0. The van der Waals surface area contributed by atoms with Gasteiger partial charge in [0.1, 0.15) is 0 Å². The molecular weight excluding hydrogens is 256 g/mol. The zero-order valence-electron chi connectivity index (χ0n) is 11.1. The van der Waals surface area contributed by atoms with Crippen molar-refractivity contribution in [2.24, 2.45) is 11.5 Å². The van der Waals surface area contributed by atoms with Crippen molar-refractivity contribution in [1.29, 1.82) is 0 Å². The summed E-state index contributed by atoms with van der Waals surface area (Å²) < 4.78 is 0. The Morgan fingerprint density at radius 2 is 0.750 bits per heavy atom. The van der Waals surface area contributed by atoms with Crippen LogP contribution in [-0.2, 0) is 9.59 Å². The molecule has 0 aliphatic carbocycles. The molecule has 0 saturated carbocycles. The number of anilines is 2. The number of benzene rings is 2. The Hall–Kier alpha value is -3.02. The van der Waals surface area contributed by atoms with Crippen LogP contribution in [0.1, 0.15) is 0 Å². The predicted octanol–water partition coefficient (Wildman–Crippen LogP) is 0.741. The molecule has 2 aromatic carbocycles. The molecule has 20 heavy (non-hydrogen) atoms. The Balaban J connectivity index is 0. The normalized spacial score (nSPS) is 7.20. The highest BCUT2D eigenvalue weighted by Gasteiger charge is 1.80. The molecule has 0 bridgehead atoms. The maximum atomic E-state index is 8.58. The zero-order valence-corrected chi connectivity index (χ0v) is 11.1. The van der Waals surface area contributed by atoms with E-state index in [4.69, 9.17) is 21.1 Å². The fraction of sp³-hybridized carbons (Fsp3) is 0. The van der Waals surface area contributed by atoms with E-state index >= 15 is 0 Å². The molecule has 6 heteroatoms. The van der Waals surface area contributed by atoms with Gasteiger partial charge < -0.3 is 22.9 Å². The van der Waals surface area contributed by atoms with Crippen LogP contribution in [0.4, 0.5) is 11.4 Å². The second-order valence-corrected chi connectivity index (χ2v) is 3.09. The van der Waals surface area contributed by atoms with Gasteiger partial charge in [0.05, 0.1) is 0 Å². The van der Waals surface area contributed by atoms with E-state index in [0.29, 0.717) is 0 Å². The first-order valence-corrected chi connectivity index (χ1v) is 5.54. The van der Waals surface area contributed by atoms with Gasteiger partial charge in [-0.2, -0.15) is 0 Å². The number of nitrogens with two attached hydrogens (primary N) is 4. The van der Waals surface area contributed by atoms with Gasteiger partial charge in [-0.1, -0.05) is 36.4 Å². The molecule has 6 nitrogen and oxygen atoms in total. The van der Waals surface area contributed by atoms with E-state index in [0.717, 1.165) is 11.4 Å². The van der Waals surface area contributed by atoms with Crippen molar-refractivity contribution in [2.45, 2.75) is 0 Å². The molecule has 0 aliphatic heterocycles. The van der Waals surface area contributed by atoms with E-state index in [1.165, 1.54) is 0 Å². The fourth-order valence-electron chi connectivity index (χ4n) is 0.881. The second-order valence-electron chi connectivity index (χ2n) is 3.09. The number of carbonyl (C=O) groups excluding carboxylic acids is 2. The molecule has 0 fully saturated rings. The lowest BCUT2D eigenvalue weighted by molar-refractivity contribution is -0.107. The molecule has 108 valence electrons. The molecule has 0 radical (unpaired) electrons. The molecule has 0 heterocycles. The number of hydrogen-bond acceptors (Lipinski definition) is 4. The monoisotopic (exact) mass is 276 g/mol. The summed E-state index contributed by atoms with van der Waals surface area (Å²) in [5, 5.41) is 0. The predicted molar refractivity (Wildman–Crippen MR) is 82.2 cm³/mol. The Labute approximate surface area is 118 Å². The molecule has 0 spiro atoms. The summed E-state index contributed by atoms with van der Waals surface area (Å²) in [7, 11) is 0. The van der Waals surface area contributed by atoms with Crippen LogP contribution in [0.15, 0.2) is 60.7 Å². The lowest BCUT2D eigenvalue weighted by Gasteiger charge is -1.90. The third-order valence-electron chi connectivity index (χ3n) is 1.60. The minimum Gasteiger partial charge on any atom is -0.399 e. The van der Waals surface area contributed by atoms with Crippen LogP contribution in [0.2, 0.25) is 0 Å². The summed E-state index contributed by atoms with van der Waals surface area (Å²) in [5.74, 6) is 0. The van der Waals surface area contributed by atoms with Crippen LogP contribution in [0.5, 0.6) is 0 Å². The molecule has 0 aliphatic rings. The number of nitrogen functional groups attached to an aromatic ring is 2. The van der Waals surface area contributed by atoms with Crippen molar-refractivity contribution in [3.63, 3.8) is 0 Å². The summed E-state index contributed by atoms with van der Waals surface area (Å²) in [4.78, 5) is 17.2. The van der Waals surface area contributed by atoms with Gasteiger partial charge in [-0.05, 0) is 24.3 Å². The van der Waals surface area contributed by atoms with Gasteiger partial charge in [-0.25, -0.2) is 0 Å². The summed E-state index contributed by atoms with van der Waals surface area (Å²) in [6.45, 7) is 0. The van der Waals surface area contributed by atoms with Gasteiger partial charge in [-0.15, -0.1) is 0 Å². The van der Waals surface area contributed by atoms with Gasteiger partial charge in [-0.3, -0.25) is 9.59 Å². The molecule has 0 aromatic heterocycles. The smallest absolute Gasteiger partial charge is 0.204 e. The van der Waals surface area contributed by atoms with E-state index in [9.17, 15) is 0 Å². The van der Waals surface area contributed by atoms with Gasteiger partial charge in [0, 0.05) is 11.4 Å². The minimum absolute atomic E-state index is 0.250. The Bertz CT molecular complexity index is 379. The average molecular weight is 276 g/mol. The largest absolute Gasteiger partial charge is 0.399 e. The second kappa shape index (κ2) is 16.0. The lowest BCUT2D eigenvalue weighted by atomic mass is 10.3. The van der Waals surface area contributed by atoms with E-state index in [2.05, 4.69) is 11.5 Å². The van der Waals surface area contributed by atoms with Crippen molar-refractivity contribution in [3.8, 4) is 0 Å². The van der Waals surface area contributed by atoms with Gasteiger partial charge >= 0.3 is 0 Å². The standard InChI is InChI=1S/C6H8N2.C6H6.2CH3NO/c7-5-1-2-6(8)4-3-5;1-2-4-6-5-3-1;2*2-1-3/h1-4H,7-8H2;1-6H;2*1H,(H2,2,3). The van der Waals surface area contributed by atoms with Crippen LogP contribution in [-0.4, -0.2) is 12.8 Å². The summed E-state index contributed by atoms with van der Waals surface area (Å²) >= 11 is 0. The van der Waals surface area contributed by atoms with Crippen LogP contribution in [0.25, 0.3) is 0 Å². The molecule has 8 N–H and O–H groups in total. The molecular formula is C14H20N4O2. The lowest BCUT2D eigenvalue weighted by Crippen LogP contribution is -1.86. The van der Waals surface area contributed by atoms with Gasteiger partial charge in [0.2, 0.25) is 12.8 Å². The van der Waals surface area contributed by atoms with Crippen LogP contribution in [0, 0.1) is 0 Å². The fourth-order valence-corrected chi connectivity index (χ4v) is 0.881. The quantitative estimate of drug-likeness (QED) is 0.416. The van der Waals surface area contributed by atoms with Crippen molar-refractivity contribution in [3.05, 3.63) is 60.7 Å². The van der Waals surface area contributed by atoms with E-state index < -0.39 is 0 Å². The van der Waals surface area contributed by atoms with E-state index in [1.54, 1.807) is 24.3 Å². The van der Waals surface area contributed by atoms with Crippen molar-refractivity contribution in [1.82, 2.24) is 0 Å². The van der Waals surface area contributed by atoms with Crippen LogP contribution in [0.3, 0.4) is 0 Å². The summed E-state index contributed by atoms with van der Waals surface area (Å²) in [6.07, 6.45) is 0.500. The maximum absolute atomic E-state index is 8.58. The third kappa shape index (κ3) is 17.4. The van der Waals surface area contributed by atoms with Crippen LogP contribution < -0.4 is 22.9 Å². The molecule has 2 amide bonds. The third-order valence-corrected chi connectivity index (χ3v) is 1.60. The first kappa shape index (κ1) is 19.3. The van der Waals surface area contributed by atoms with Gasteiger partial charge in [0.25, 0.3) is 0 Å². The molecule has 0 unspecified atom stereocenters. The van der Waals surface area contributed by atoms with E-state index in [1.807, 2.05) is 36.4 Å². The Morgan fingerprint density at radius 3 is 0.900 bits per heavy atom. The number of amides is 2. The van der Waals surface area contributed by atoms with Gasteiger partial charge in [0.15, 0.2) is 0 Å². The number of primary amides is 2. The summed E-state index contributed by atoms with van der Waals surface area (Å²) in [6, 6.07) is 19.1. The minimum atomic E-state index is 0.250. The SMILES string of the molecule is NC=O.NC=O.Nc1ccc(N)cc1.c1ccccc1. The number of carbonyl (C=O) groups is 2. The van der Waals surface area contributed by atoms with E-state index in [-0.39, 0.29) is 12.8 Å². The Morgan fingerprint density at radius 1 is 0.600 bits per heavy atom. The molecule has 0 saturated heterocycles. The van der Waals surface area contributed by atoms with Crippen molar-refractivity contribution < 1.29 is 9.59 Å². The first-order chi connectivity index (χ1) is 9.62. The highest BCUT2D eigenvalue weighted by atomic mass is 16.1. The van der Waals surface area contributed by atoms with Crippen molar-refractivity contribution in [2.75, 3.05) is 11.5 Å².